The van der Waals surface area contributed by atoms with E-state index in [1.54, 1.807) is 0 Å². The summed E-state index contributed by atoms with van der Waals surface area (Å²) in [6, 6.07) is 3.12. The Labute approximate surface area is 116 Å². The number of hydrogen-bond acceptors (Lipinski definition) is 3. The van der Waals surface area contributed by atoms with Gasteiger partial charge in [-0.1, -0.05) is 6.92 Å². The van der Waals surface area contributed by atoms with E-state index in [4.69, 9.17) is 10.00 Å². The first-order chi connectivity index (χ1) is 9.51. The lowest BCUT2D eigenvalue weighted by atomic mass is 9.83. The molecule has 2 rings (SSSR count). The Bertz CT molecular complexity index is 534. The van der Waals surface area contributed by atoms with Crippen LogP contribution >= 0.6 is 0 Å². The summed E-state index contributed by atoms with van der Waals surface area (Å²) < 4.78 is 31.8. The van der Waals surface area contributed by atoms with Crippen molar-refractivity contribution >= 4 is 5.97 Å². The van der Waals surface area contributed by atoms with Crippen LogP contribution in [0, 0.1) is 34.8 Å². The lowest BCUT2D eigenvalue weighted by Gasteiger charge is -2.23. The van der Waals surface area contributed by atoms with E-state index in [2.05, 4.69) is 6.92 Å². The van der Waals surface area contributed by atoms with Crippen LogP contribution < -0.4 is 4.74 Å². The molecule has 1 radical (unpaired) electrons. The summed E-state index contributed by atoms with van der Waals surface area (Å²) in [5.74, 6) is -1.59. The van der Waals surface area contributed by atoms with Crippen molar-refractivity contribution in [1.29, 1.82) is 5.26 Å². The molecule has 0 heterocycles. The van der Waals surface area contributed by atoms with Crippen LogP contribution in [0.4, 0.5) is 8.78 Å². The van der Waals surface area contributed by atoms with Crippen LogP contribution in [0.3, 0.4) is 0 Å². The minimum Gasteiger partial charge on any atom is -0.426 e. The third-order valence-electron chi connectivity index (χ3n) is 3.50. The molecular weight excluding hydrogens is 264 g/mol. The molecule has 0 saturated heterocycles. The van der Waals surface area contributed by atoms with E-state index >= 15 is 0 Å². The summed E-state index contributed by atoms with van der Waals surface area (Å²) in [4.78, 5) is 11.9. The third-order valence-corrected chi connectivity index (χ3v) is 3.50. The number of rotatable bonds is 2. The highest BCUT2D eigenvalue weighted by Gasteiger charge is 2.27. The van der Waals surface area contributed by atoms with Crippen molar-refractivity contribution in [1.82, 2.24) is 0 Å². The fraction of sp³-hybridized carbons (Fsp3) is 0.400. The molecule has 0 unspecified atom stereocenters. The zero-order valence-electron chi connectivity index (χ0n) is 11.1. The minimum atomic E-state index is -1.03. The smallest absolute Gasteiger partial charge is 0.318 e. The van der Waals surface area contributed by atoms with Gasteiger partial charge in [-0.15, -0.1) is 0 Å². The van der Waals surface area contributed by atoms with E-state index in [-0.39, 0.29) is 5.75 Å². The van der Waals surface area contributed by atoms with Gasteiger partial charge in [0, 0.05) is 12.1 Å². The van der Waals surface area contributed by atoms with Crippen LogP contribution in [0.25, 0.3) is 0 Å². The first kappa shape index (κ1) is 14.4. The lowest BCUT2D eigenvalue weighted by molar-refractivity contribution is -0.133. The maximum atomic E-state index is 13.4. The van der Waals surface area contributed by atoms with Gasteiger partial charge in [-0.05, 0) is 31.6 Å². The average Bonchev–Trinajstić information content (AvgIpc) is 2.39. The summed E-state index contributed by atoms with van der Waals surface area (Å²) in [7, 11) is 0. The van der Waals surface area contributed by atoms with E-state index in [0.717, 1.165) is 25.0 Å². The highest BCUT2D eigenvalue weighted by atomic mass is 19.1. The molecule has 3 nitrogen and oxygen atoms in total. The van der Waals surface area contributed by atoms with Gasteiger partial charge in [-0.3, -0.25) is 4.79 Å². The second kappa shape index (κ2) is 6.00. The molecule has 0 N–H and O–H groups in total. The standard InChI is InChI=1S/C15H14F2NO2/c1-9-2-4-10(5-3-9)15(19)20-11-6-13(16)12(8-18)14(17)7-11/h6-7,9H,2-5H2,1H3. The second-order valence-corrected chi connectivity index (χ2v) is 5.05. The molecule has 1 saturated carbocycles. The fourth-order valence-corrected chi connectivity index (χ4v) is 2.21. The largest absolute Gasteiger partial charge is 0.426 e. The molecule has 0 aliphatic heterocycles. The van der Waals surface area contributed by atoms with Crippen molar-refractivity contribution in [3.8, 4) is 11.8 Å². The highest BCUT2D eigenvalue weighted by Crippen LogP contribution is 2.31. The van der Waals surface area contributed by atoms with Crippen molar-refractivity contribution in [3.05, 3.63) is 35.2 Å². The first-order valence-electron chi connectivity index (χ1n) is 6.47. The van der Waals surface area contributed by atoms with Crippen molar-refractivity contribution in [2.24, 2.45) is 5.92 Å². The molecule has 0 bridgehead atoms. The Balaban J connectivity index is 2.07. The van der Waals surface area contributed by atoms with Gasteiger partial charge < -0.3 is 4.74 Å². The molecule has 0 amide bonds. The summed E-state index contributed by atoms with van der Waals surface area (Å²) in [5.41, 5.74) is -0.677. The number of nitriles is 1. The SMILES string of the molecule is CC1CC[C](C(=O)Oc2cc(F)c(C#N)c(F)c2)CC1. The van der Waals surface area contributed by atoms with Crippen LogP contribution in [0.2, 0.25) is 0 Å². The molecule has 0 spiro atoms. The van der Waals surface area contributed by atoms with E-state index < -0.39 is 23.2 Å². The number of carbonyl (C=O) groups excluding carboxylic acids is 1. The van der Waals surface area contributed by atoms with E-state index in [1.165, 1.54) is 6.07 Å². The zero-order chi connectivity index (χ0) is 14.7. The van der Waals surface area contributed by atoms with Crippen LogP contribution in [0.15, 0.2) is 12.1 Å². The monoisotopic (exact) mass is 278 g/mol. The average molecular weight is 278 g/mol. The maximum Gasteiger partial charge on any atom is 0.318 e. The van der Waals surface area contributed by atoms with Crippen molar-refractivity contribution in [2.75, 3.05) is 0 Å². The Hall–Kier alpha value is -1.96. The minimum absolute atomic E-state index is 0.213. The van der Waals surface area contributed by atoms with Crippen molar-refractivity contribution in [3.63, 3.8) is 0 Å². The molecule has 0 atom stereocenters. The van der Waals surface area contributed by atoms with Gasteiger partial charge in [0.25, 0.3) is 0 Å². The number of hydrogen-bond donors (Lipinski definition) is 0. The normalized spacial score (nSPS) is 16.7. The molecule has 0 aromatic heterocycles. The molecule has 105 valence electrons. The molecule has 1 fully saturated rings. The number of esters is 1. The second-order valence-electron chi connectivity index (χ2n) is 5.05. The predicted molar refractivity (Wildman–Crippen MR) is 67.6 cm³/mol. The Morgan fingerprint density at radius 1 is 1.30 bits per heavy atom. The van der Waals surface area contributed by atoms with Gasteiger partial charge in [0.1, 0.15) is 29.0 Å². The fourth-order valence-electron chi connectivity index (χ4n) is 2.21. The van der Waals surface area contributed by atoms with Gasteiger partial charge in [0.15, 0.2) is 0 Å². The van der Waals surface area contributed by atoms with E-state index in [9.17, 15) is 13.6 Å². The van der Waals surface area contributed by atoms with Crippen molar-refractivity contribution in [2.45, 2.75) is 32.6 Å². The van der Waals surface area contributed by atoms with Crippen LogP contribution in [-0.2, 0) is 4.79 Å². The Kier molecular flexibility index (Phi) is 4.33. The number of carbonyl (C=O) groups is 1. The van der Waals surface area contributed by atoms with Gasteiger partial charge in [0.2, 0.25) is 0 Å². The number of benzene rings is 1. The third kappa shape index (κ3) is 3.13. The molecule has 20 heavy (non-hydrogen) atoms. The maximum absolute atomic E-state index is 13.4. The molecule has 1 aliphatic carbocycles. The van der Waals surface area contributed by atoms with Crippen LogP contribution in [0.1, 0.15) is 38.2 Å². The number of ether oxygens (including phenoxy) is 1. The van der Waals surface area contributed by atoms with Crippen LogP contribution in [-0.4, -0.2) is 5.97 Å². The number of halogens is 2. The lowest BCUT2D eigenvalue weighted by Crippen LogP contribution is -2.23. The van der Waals surface area contributed by atoms with E-state index in [1.807, 2.05) is 0 Å². The van der Waals surface area contributed by atoms with Crippen molar-refractivity contribution < 1.29 is 18.3 Å². The van der Waals surface area contributed by atoms with Gasteiger partial charge in [-0.25, -0.2) is 8.78 Å². The van der Waals surface area contributed by atoms with Gasteiger partial charge in [0.05, 0.1) is 5.92 Å². The molecule has 1 aliphatic rings. The summed E-state index contributed by atoms with van der Waals surface area (Å²) in [6.45, 7) is 2.12. The highest BCUT2D eigenvalue weighted by molar-refractivity contribution is 5.86. The van der Waals surface area contributed by atoms with Gasteiger partial charge in [-0.2, -0.15) is 5.26 Å². The summed E-state index contributed by atoms with van der Waals surface area (Å²) in [5, 5.41) is 8.56. The first-order valence-corrected chi connectivity index (χ1v) is 6.47. The molecule has 5 heteroatoms. The number of nitrogens with zero attached hydrogens (tertiary/aromatic N) is 1. The molecule has 1 aromatic carbocycles. The molecule has 1 aromatic rings. The Morgan fingerprint density at radius 3 is 2.35 bits per heavy atom. The summed E-state index contributed by atoms with van der Waals surface area (Å²) in [6.07, 6.45) is 3.14. The van der Waals surface area contributed by atoms with Gasteiger partial charge >= 0.3 is 5.97 Å². The topological polar surface area (TPSA) is 50.1 Å². The zero-order valence-corrected chi connectivity index (χ0v) is 11.1. The Morgan fingerprint density at radius 2 is 1.85 bits per heavy atom. The quantitative estimate of drug-likeness (QED) is 0.614. The van der Waals surface area contributed by atoms with E-state index in [0.29, 0.717) is 24.7 Å². The predicted octanol–water partition coefficient (Wildman–Crippen LogP) is 3.53. The summed E-state index contributed by atoms with van der Waals surface area (Å²) >= 11 is 0. The molecular formula is C15H14F2NO2. The van der Waals surface area contributed by atoms with Crippen LogP contribution in [0.5, 0.6) is 5.75 Å².